The Morgan fingerprint density at radius 2 is 1.96 bits per heavy atom. The minimum absolute atomic E-state index is 0. The van der Waals surface area contributed by atoms with Crippen LogP contribution in [0, 0.1) is 0 Å². The van der Waals surface area contributed by atoms with Gasteiger partial charge >= 0.3 is 0 Å². The quantitative estimate of drug-likeness (QED) is 0.338. The van der Waals surface area contributed by atoms with E-state index in [9.17, 15) is 0 Å². The Kier molecular flexibility index (Phi) is 10.3. The van der Waals surface area contributed by atoms with E-state index in [0.29, 0.717) is 6.54 Å². The number of thiazole rings is 1. The Hall–Kier alpha value is -1.55. The Morgan fingerprint density at radius 3 is 2.58 bits per heavy atom. The molecule has 1 aromatic carbocycles. The molecule has 0 aliphatic heterocycles. The van der Waals surface area contributed by atoms with Crippen LogP contribution in [-0.4, -0.2) is 38.8 Å². The number of guanidine groups is 1. The van der Waals surface area contributed by atoms with Crippen molar-refractivity contribution in [2.24, 2.45) is 4.99 Å². The van der Waals surface area contributed by atoms with Gasteiger partial charge < -0.3 is 20.1 Å². The van der Waals surface area contributed by atoms with Crippen LogP contribution in [0.5, 0.6) is 11.5 Å². The van der Waals surface area contributed by atoms with Crippen molar-refractivity contribution < 1.29 is 9.47 Å². The Morgan fingerprint density at radius 1 is 1.19 bits per heavy atom. The van der Waals surface area contributed by atoms with Crippen LogP contribution >= 0.6 is 35.3 Å². The van der Waals surface area contributed by atoms with Crippen molar-refractivity contribution in [3.8, 4) is 11.5 Å². The number of halogens is 1. The van der Waals surface area contributed by atoms with Gasteiger partial charge in [0, 0.05) is 31.9 Å². The molecule has 1 heterocycles. The summed E-state index contributed by atoms with van der Waals surface area (Å²) in [6.45, 7) is 3.57. The summed E-state index contributed by atoms with van der Waals surface area (Å²) < 4.78 is 10.6. The molecule has 0 atom stereocenters. The van der Waals surface area contributed by atoms with Gasteiger partial charge in [-0.1, -0.05) is 13.0 Å². The van der Waals surface area contributed by atoms with E-state index in [0.717, 1.165) is 48.1 Å². The normalized spacial score (nSPS) is 10.8. The molecule has 0 aliphatic carbocycles. The molecule has 2 rings (SSSR count). The van der Waals surface area contributed by atoms with Crippen molar-refractivity contribution in [1.29, 1.82) is 0 Å². The molecule has 8 heteroatoms. The van der Waals surface area contributed by atoms with Crippen molar-refractivity contribution >= 4 is 41.3 Å². The molecule has 0 saturated heterocycles. The third-order valence-electron chi connectivity index (χ3n) is 3.71. The van der Waals surface area contributed by atoms with Gasteiger partial charge in [-0.15, -0.1) is 35.3 Å². The van der Waals surface area contributed by atoms with Gasteiger partial charge in [0.1, 0.15) is 0 Å². The highest BCUT2D eigenvalue weighted by atomic mass is 127. The smallest absolute Gasteiger partial charge is 0.191 e. The number of nitrogens with one attached hydrogen (secondary N) is 2. The number of aliphatic imine (C=N–C) groups is 1. The first-order valence-corrected chi connectivity index (χ1v) is 9.16. The van der Waals surface area contributed by atoms with E-state index in [1.54, 1.807) is 32.6 Å². The summed E-state index contributed by atoms with van der Waals surface area (Å²) in [7, 11) is 5.04. The van der Waals surface area contributed by atoms with Gasteiger partial charge in [0.25, 0.3) is 0 Å². The predicted octanol–water partition coefficient (Wildman–Crippen LogP) is 3.25. The summed E-state index contributed by atoms with van der Waals surface area (Å²) in [5, 5.41) is 9.93. The first-order chi connectivity index (χ1) is 12.2. The van der Waals surface area contributed by atoms with Gasteiger partial charge in [-0.25, -0.2) is 4.98 Å². The number of methoxy groups -OCH3 is 2. The van der Waals surface area contributed by atoms with E-state index in [1.165, 1.54) is 5.01 Å². The van der Waals surface area contributed by atoms with Crippen LogP contribution in [0.2, 0.25) is 0 Å². The molecule has 2 aromatic rings. The maximum atomic E-state index is 5.33. The summed E-state index contributed by atoms with van der Waals surface area (Å²) in [6, 6.07) is 5.86. The first-order valence-electron chi connectivity index (χ1n) is 8.28. The predicted molar refractivity (Wildman–Crippen MR) is 118 cm³/mol. The van der Waals surface area contributed by atoms with Crippen molar-refractivity contribution in [3.05, 3.63) is 39.8 Å². The lowest BCUT2D eigenvalue weighted by Gasteiger charge is -2.13. The van der Waals surface area contributed by atoms with Gasteiger partial charge in [-0.2, -0.15) is 0 Å². The molecule has 144 valence electrons. The maximum Gasteiger partial charge on any atom is 0.191 e. The number of nitrogens with zero attached hydrogens (tertiary/aromatic N) is 2. The number of ether oxygens (including phenoxy) is 2. The van der Waals surface area contributed by atoms with Crippen LogP contribution in [0.4, 0.5) is 0 Å². The fourth-order valence-corrected chi connectivity index (χ4v) is 3.11. The van der Waals surface area contributed by atoms with Crippen LogP contribution in [-0.2, 0) is 19.4 Å². The number of rotatable bonds is 8. The zero-order valence-electron chi connectivity index (χ0n) is 15.7. The van der Waals surface area contributed by atoms with Gasteiger partial charge in [0.05, 0.1) is 24.9 Å². The summed E-state index contributed by atoms with van der Waals surface area (Å²) in [5.41, 5.74) is 2.22. The van der Waals surface area contributed by atoms with Crippen molar-refractivity contribution in [1.82, 2.24) is 15.6 Å². The molecule has 0 radical (unpaired) electrons. The van der Waals surface area contributed by atoms with Gasteiger partial charge in [0.15, 0.2) is 17.5 Å². The fourth-order valence-electron chi connectivity index (χ4n) is 2.33. The van der Waals surface area contributed by atoms with Gasteiger partial charge in [0.2, 0.25) is 0 Å². The van der Waals surface area contributed by atoms with Crippen LogP contribution < -0.4 is 20.1 Å². The Labute approximate surface area is 176 Å². The Balaban J connectivity index is 0.00000338. The molecule has 0 spiro atoms. The average molecular weight is 490 g/mol. The van der Waals surface area contributed by atoms with E-state index >= 15 is 0 Å². The number of hydrogen-bond acceptors (Lipinski definition) is 5. The number of benzene rings is 1. The molecular weight excluding hydrogens is 463 g/mol. The molecule has 0 fully saturated rings. The lowest BCUT2D eigenvalue weighted by atomic mass is 10.2. The van der Waals surface area contributed by atoms with Crippen LogP contribution in [0.3, 0.4) is 0 Å². The monoisotopic (exact) mass is 490 g/mol. The second-order valence-electron chi connectivity index (χ2n) is 5.38. The maximum absolute atomic E-state index is 5.33. The number of hydrogen-bond donors (Lipinski definition) is 2. The largest absolute Gasteiger partial charge is 0.493 e. The number of aryl methyl sites for hydroxylation is 1. The van der Waals surface area contributed by atoms with Gasteiger partial charge in [-0.05, 0) is 24.1 Å². The molecule has 6 nitrogen and oxygen atoms in total. The highest BCUT2D eigenvalue weighted by molar-refractivity contribution is 14.0. The minimum atomic E-state index is 0. The SMILES string of the molecule is CCc1nc(CCNC(=NC)NCc2ccc(OC)c(OC)c2)cs1.I. The third-order valence-corrected chi connectivity index (χ3v) is 4.75. The van der Waals surface area contributed by atoms with Crippen LogP contribution in [0.15, 0.2) is 28.6 Å². The standard InChI is InChI=1S/C18H26N4O2S.HI/c1-5-17-22-14(12-25-17)8-9-20-18(19-2)21-11-13-6-7-15(23-3)16(10-13)24-4;/h6-7,10,12H,5,8-9,11H2,1-4H3,(H2,19,20,21);1H. The second kappa shape index (κ2) is 11.9. The second-order valence-corrected chi connectivity index (χ2v) is 6.32. The molecule has 0 saturated carbocycles. The highest BCUT2D eigenvalue weighted by Gasteiger charge is 2.06. The van der Waals surface area contributed by atoms with E-state index in [-0.39, 0.29) is 24.0 Å². The van der Waals surface area contributed by atoms with E-state index in [4.69, 9.17) is 9.47 Å². The first kappa shape index (κ1) is 22.5. The fraction of sp³-hybridized carbons (Fsp3) is 0.444. The van der Waals surface area contributed by atoms with E-state index in [2.05, 4.69) is 32.9 Å². The molecule has 26 heavy (non-hydrogen) atoms. The van der Waals surface area contributed by atoms with E-state index in [1.807, 2.05) is 18.2 Å². The van der Waals surface area contributed by atoms with Crippen molar-refractivity contribution in [2.75, 3.05) is 27.8 Å². The molecule has 0 unspecified atom stereocenters. The summed E-state index contributed by atoms with van der Waals surface area (Å²) >= 11 is 1.72. The van der Waals surface area contributed by atoms with E-state index < -0.39 is 0 Å². The van der Waals surface area contributed by atoms with Crippen molar-refractivity contribution in [3.63, 3.8) is 0 Å². The number of aromatic nitrogens is 1. The zero-order valence-corrected chi connectivity index (χ0v) is 18.8. The molecule has 2 N–H and O–H groups in total. The molecule has 1 aromatic heterocycles. The molecule has 0 amide bonds. The van der Waals surface area contributed by atoms with Crippen LogP contribution in [0.1, 0.15) is 23.2 Å². The topological polar surface area (TPSA) is 67.8 Å². The summed E-state index contributed by atoms with van der Waals surface area (Å²) in [4.78, 5) is 8.83. The summed E-state index contributed by atoms with van der Waals surface area (Å²) in [5.74, 6) is 2.21. The molecular formula is C18H27IN4O2S. The Bertz CT molecular complexity index is 706. The zero-order chi connectivity index (χ0) is 18.1. The summed E-state index contributed by atoms with van der Waals surface area (Å²) in [6.07, 6.45) is 1.88. The average Bonchev–Trinajstić information content (AvgIpc) is 3.12. The van der Waals surface area contributed by atoms with Crippen molar-refractivity contribution in [2.45, 2.75) is 26.3 Å². The van der Waals surface area contributed by atoms with Gasteiger partial charge in [-0.3, -0.25) is 4.99 Å². The lowest BCUT2D eigenvalue weighted by Crippen LogP contribution is -2.37. The highest BCUT2D eigenvalue weighted by Crippen LogP contribution is 2.27. The lowest BCUT2D eigenvalue weighted by molar-refractivity contribution is 0.354. The third kappa shape index (κ3) is 6.64. The minimum Gasteiger partial charge on any atom is -0.493 e. The van der Waals surface area contributed by atoms with Crippen LogP contribution in [0.25, 0.3) is 0 Å². The molecule has 0 bridgehead atoms. The molecule has 0 aliphatic rings.